The molecule has 5 aromatic rings. The highest BCUT2D eigenvalue weighted by Gasteiger charge is 2.43. The molecule has 0 bridgehead atoms. The fraction of sp³-hybridized carbons (Fsp3) is 0. The van der Waals surface area contributed by atoms with E-state index in [1.54, 1.807) is 109 Å². The van der Waals surface area contributed by atoms with Crippen LogP contribution in [0.4, 0.5) is 5.69 Å². The Balaban J connectivity index is 1.75. The van der Waals surface area contributed by atoms with Gasteiger partial charge in [0.2, 0.25) is 11.4 Å². The molecule has 0 saturated heterocycles. The molecule has 0 spiro atoms. The van der Waals surface area contributed by atoms with Gasteiger partial charge in [-0.2, -0.15) is 26.3 Å². The van der Waals surface area contributed by atoms with E-state index in [-0.39, 0.29) is 67.1 Å². The lowest BCUT2D eigenvalue weighted by atomic mass is 9.82. The molecule has 242 valence electrons. The van der Waals surface area contributed by atoms with Crippen LogP contribution in [0.5, 0.6) is 0 Å². The highest BCUT2D eigenvalue weighted by molar-refractivity contribution is 6.35. The van der Waals surface area contributed by atoms with Gasteiger partial charge in [0.05, 0.1) is 59.7 Å². The van der Waals surface area contributed by atoms with Crippen LogP contribution < -0.4 is 0 Å². The van der Waals surface area contributed by atoms with Crippen LogP contribution in [0.1, 0.15) is 61.2 Å². The summed E-state index contributed by atoms with van der Waals surface area (Å²) in [4.78, 5) is 11.4. The van der Waals surface area contributed by atoms with Crippen LogP contribution in [0.15, 0.2) is 109 Å². The van der Waals surface area contributed by atoms with Gasteiger partial charge in [-0.3, -0.25) is 0 Å². The Morgan fingerprint density at radius 2 is 1.06 bits per heavy atom. The molecule has 0 saturated carbocycles. The fourth-order valence-electron chi connectivity index (χ4n) is 7.13. The molecule has 0 radical (unpaired) electrons. The highest BCUT2D eigenvalue weighted by Crippen LogP contribution is 2.59. The second-order valence-electron chi connectivity index (χ2n) is 11.9. The smallest absolute Gasteiger partial charge is 0.204 e. The Bertz CT molecular complexity index is 2750. The van der Waals surface area contributed by atoms with Gasteiger partial charge in [-0.1, -0.05) is 97.1 Å². The maximum absolute atomic E-state index is 11.2. The van der Waals surface area contributed by atoms with Crippen LogP contribution >= 0.6 is 0 Å². The number of nitriles is 5. The SMILES string of the molecule is [C-]#[N+]C1=C(c2ccccc2)/C(=C(/C#N)c2ccc([N+]#[C-])cc2)c2c(C#N)c3c(c(C#N)c21)/C(=C(\[N+]#[C-])c1ccc(C#N)cc1)C(c1ccccc1)=C3C#N. The number of allylic oxidation sites excluding steroid dienone is 6. The summed E-state index contributed by atoms with van der Waals surface area (Å²) in [5.41, 5.74) is 4.58. The normalized spacial score (nSPS) is 14.1. The Hall–Kier alpha value is -9.02. The third kappa shape index (κ3) is 5.01. The molecule has 0 aromatic heterocycles. The first-order valence-corrected chi connectivity index (χ1v) is 16.2. The van der Waals surface area contributed by atoms with Crippen molar-refractivity contribution in [3.05, 3.63) is 205 Å². The van der Waals surface area contributed by atoms with Gasteiger partial charge in [-0.25, -0.2) is 14.5 Å². The lowest BCUT2D eigenvalue weighted by molar-refractivity contribution is 1.38. The summed E-state index contributed by atoms with van der Waals surface area (Å²) in [5, 5.41) is 53.7. The Labute approximate surface area is 310 Å². The van der Waals surface area contributed by atoms with Crippen LogP contribution in [-0.2, 0) is 0 Å². The van der Waals surface area contributed by atoms with Crippen molar-refractivity contribution in [1.82, 2.24) is 0 Å². The molecule has 0 unspecified atom stereocenters. The molecule has 8 heteroatoms. The first kappa shape index (κ1) is 33.5. The third-order valence-corrected chi connectivity index (χ3v) is 9.33. The third-order valence-electron chi connectivity index (χ3n) is 9.33. The van der Waals surface area contributed by atoms with Crippen molar-refractivity contribution >= 4 is 50.5 Å². The van der Waals surface area contributed by atoms with Crippen LogP contribution in [0, 0.1) is 76.4 Å². The fourth-order valence-corrected chi connectivity index (χ4v) is 7.13. The van der Waals surface area contributed by atoms with Gasteiger partial charge in [0.25, 0.3) is 0 Å². The maximum atomic E-state index is 11.2. The van der Waals surface area contributed by atoms with E-state index in [1.165, 1.54) is 0 Å². The van der Waals surface area contributed by atoms with E-state index in [0.29, 0.717) is 44.7 Å². The highest BCUT2D eigenvalue weighted by atomic mass is 14.7. The van der Waals surface area contributed by atoms with Crippen LogP contribution in [-0.4, -0.2) is 0 Å². The van der Waals surface area contributed by atoms with Crippen molar-refractivity contribution < 1.29 is 0 Å². The predicted octanol–water partition coefficient (Wildman–Crippen LogP) is 10.3. The maximum Gasteiger partial charge on any atom is 0.204 e. The van der Waals surface area contributed by atoms with Crippen LogP contribution in [0.25, 0.3) is 59.4 Å². The zero-order valence-electron chi connectivity index (χ0n) is 28.0. The van der Waals surface area contributed by atoms with Gasteiger partial charge in [0.15, 0.2) is 5.69 Å². The van der Waals surface area contributed by atoms with E-state index in [9.17, 15) is 26.3 Å². The average Bonchev–Trinajstić information content (AvgIpc) is 3.75. The summed E-state index contributed by atoms with van der Waals surface area (Å²) in [6, 6.07) is 41.8. The Morgan fingerprint density at radius 1 is 0.500 bits per heavy atom. The first-order valence-electron chi connectivity index (χ1n) is 16.2. The van der Waals surface area contributed by atoms with Crippen molar-refractivity contribution in [2.45, 2.75) is 0 Å². The van der Waals surface area contributed by atoms with Crippen LogP contribution in [0.2, 0.25) is 0 Å². The molecule has 0 heterocycles. The second kappa shape index (κ2) is 13.7. The zero-order valence-corrected chi connectivity index (χ0v) is 28.0. The van der Waals surface area contributed by atoms with Crippen molar-refractivity contribution in [2.75, 3.05) is 0 Å². The predicted molar refractivity (Wildman–Crippen MR) is 204 cm³/mol. The number of fused-ring (bicyclic) bond motifs is 2. The van der Waals surface area contributed by atoms with E-state index in [0.717, 1.165) is 0 Å². The standard InChI is InChI=1S/C46H18N8/c1-52-32-20-18-28(19-21-32)33(23-48)40-38(30-12-8-5-9-13-30)46(54-3)43-36(26-51)41-39(35(25-50)42(40)43)34(24-49)37(29-10-6-4-7-11-29)44(41)45(53-2)31-16-14-27(22-47)15-17-31/h4-21H/b40-33+,45-44-. The number of nitrogens with zero attached hydrogens (tertiary/aromatic N) is 8. The monoisotopic (exact) mass is 682 g/mol. The quantitative estimate of drug-likeness (QED) is 0.137. The van der Waals surface area contributed by atoms with Crippen LogP contribution in [0.3, 0.4) is 0 Å². The molecular weight excluding hydrogens is 665 g/mol. The van der Waals surface area contributed by atoms with Gasteiger partial charge in [-0.05, 0) is 67.8 Å². The summed E-state index contributed by atoms with van der Waals surface area (Å²) in [5.74, 6) is 0. The summed E-state index contributed by atoms with van der Waals surface area (Å²) < 4.78 is 0. The summed E-state index contributed by atoms with van der Waals surface area (Å²) in [6.45, 7) is 24.4. The number of hydrogen-bond donors (Lipinski definition) is 0. The molecule has 0 fully saturated rings. The van der Waals surface area contributed by atoms with Gasteiger partial charge in [-0.15, -0.1) is 0 Å². The van der Waals surface area contributed by atoms with Crippen molar-refractivity contribution in [2.24, 2.45) is 0 Å². The Morgan fingerprint density at radius 3 is 1.56 bits per heavy atom. The van der Waals surface area contributed by atoms with Crippen molar-refractivity contribution in [1.29, 1.82) is 26.3 Å². The number of benzene rings is 5. The van der Waals surface area contributed by atoms with E-state index in [4.69, 9.17) is 19.7 Å². The molecular formula is C46H18N8. The molecule has 2 aliphatic carbocycles. The van der Waals surface area contributed by atoms with E-state index in [1.807, 2.05) is 0 Å². The van der Waals surface area contributed by atoms with E-state index < -0.39 is 0 Å². The average molecular weight is 683 g/mol. The van der Waals surface area contributed by atoms with Gasteiger partial charge < -0.3 is 0 Å². The molecule has 8 nitrogen and oxygen atoms in total. The first-order chi connectivity index (χ1) is 26.5. The zero-order chi connectivity index (χ0) is 37.9. The molecule has 2 aliphatic rings. The lowest BCUT2D eigenvalue weighted by Crippen LogP contribution is -2.05. The van der Waals surface area contributed by atoms with Crippen molar-refractivity contribution in [3.63, 3.8) is 0 Å². The summed E-state index contributed by atoms with van der Waals surface area (Å²) >= 11 is 0. The number of rotatable bonds is 4. The number of hydrogen-bond acceptors (Lipinski definition) is 5. The lowest BCUT2D eigenvalue weighted by Gasteiger charge is -2.18. The molecule has 0 atom stereocenters. The second-order valence-corrected chi connectivity index (χ2v) is 11.9. The summed E-state index contributed by atoms with van der Waals surface area (Å²) in [7, 11) is 0. The van der Waals surface area contributed by atoms with Gasteiger partial charge in [0, 0.05) is 11.1 Å². The minimum atomic E-state index is -0.0317. The topological polar surface area (TPSA) is 132 Å². The summed E-state index contributed by atoms with van der Waals surface area (Å²) in [6.07, 6.45) is 0. The van der Waals surface area contributed by atoms with Crippen molar-refractivity contribution in [3.8, 4) is 30.3 Å². The molecule has 7 rings (SSSR count). The Kier molecular flexibility index (Phi) is 8.50. The molecule has 0 N–H and O–H groups in total. The van der Waals surface area contributed by atoms with E-state index in [2.05, 4.69) is 44.9 Å². The largest absolute Gasteiger partial charge is 0.238 e. The molecule has 0 amide bonds. The molecule has 0 aliphatic heterocycles. The minimum Gasteiger partial charge on any atom is -0.238 e. The molecule has 5 aromatic carbocycles. The minimum absolute atomic E-state index is 0.0290. The molecule has 54 heavy (non-hydrogen) atoms. The van der Waals surface area contributed by atoms with Gasteiger partial charge in [0.1, 0.15) is 18.2 Å². The van der Waals surface area contributed by atoms with E-state index >= 15 is 0 Å². The van der Waals surface area contributed by atoms with Gasteiger partial charge >= 0.3 is 0 Å².